The van der Waals surface area contributed by atoms with Gasteiger partial charge in [0, 0.05) is 38.1 Å². The van der Waals surface area contributed by atoms with E-state index in [2.05, 4.69) is 57.4 Å². The molecule has 1 atom stereocenters. The number of carbonyl (C=O) groups is 2. The molecule has 0 saturated carbocycles. The van der Waals surface area contributed by atoms with Crippen LogP contribution in [-0.2, 0) is 11.3 Å². The third-order valence-corrected chi connectivity index (χ3v) is 5.52. The van der Waals surface area contributed by atoms with E-state index in [0.717, 1.165) is 26.1 Å². The third kappa shape index (κ3) is 3.25. The maximum Gasteiger partial charge on any atom is 0.325 e. The Labute approximate surface area is 159 Å². The first-order valence-electron chi connectivity index (χ1n) is 9.55. The molecule has 0 spiro atoms. The molecule has 1 saturated heterocycles. The number of nitrogens with zero attached hydrogens (tertiary/aromatic N) is 3. The van der Waals surface area contributed by atoms with Gasteiger partial charge in [-0.2, -0.15) is 0 Å². The van der Waals surface area contributed by atoms with Crippen molar-refractivity contribution in [2.45, 2.75) is 38.4 Å². The Hall–Kier alpha value is -2.60. The molecule has 1 N–H and O–H groups in total. The number of rotatable bonds is 5. The summed E-state index contributed by atoms with van der Waals surface area (Å²) < 4.78 is 2.31. The first-order valence-corrected chi connectivity index (χ1v) is 9.55. The van der Waals surface area contributed by atoms with Crippen LogP contribution in [0.1, 0.15) is 37.6 Å². The Morgan fingerprint density at radius 2 is 1.81 bits per heavy atom. The number of hydrogen-bond acceptors (Lipinski definition) is 3. The summed E-state index contributed by atoms with van der Waals surface area (Å²) in [4.78, 5) is 28.2. The fourth-order valence-electron chi connectivity index (χ4n) is 4.14. The molecule has 0 bridgehead atoms. The molecule has 3 heterocycles. The average molecular weight is 366 g/mol. The van der Waals surface area contributed by atoms with Gasteiger partial charge >= 0.3 is 6.03 Å². The van der Waals surface area contributed by atoms with E-state index in [9.17, 15) is 9.59 Å². The summed E-state index contributed by atoms with van der Waals surface area (Å²) in [5.41, 5.74) is 1.77. The lowest BCUT2D eigenvalue weighted by atomic mass is 10.00. The second-order valence-electron chi connectivity index (χ2n) is 7.84. The van der Waals surface area contributed by atoms with Gasteiger partial charge in [-0.1, -0.05) is 30.3 Å². The van der Waals surface area contributed by atoms with E-state index in [-0.39, 0.29) is 18.0 Å². The van der Waals surface area contributed by atoms with E-state index in [1.54, 1.807) is 13.8 Å². The molecule has 1 aromatic heterocycles. The van der Waals surface area contributed by atoms with Crippen LogP contribution in [0.2, 0.25) is 0 Å². The van der Waals surface area contributed by atoms with E-state index in [1.165, 1.54) is 16.2 Å². The second kappa shape index (κ2) is 6.85. The topological polar surface area (TPSA) is 57.6 Å². The first-order chi connectivity index (χ1) is 13.0. The standard InChI is InChI=1S/C21H26N4O2/c1-21(2)19(26)25(20(27)22-21)13-7-12-24-15-14-23-11-6-10-17(23)18(24)16-8-4-3-5-9-16/h3-6,8-11,18H,7,12-15H2,1-2H3,(H,22,27)/t18-/m1/s1. The van der Waals surface area contributed by atoms with Gasteiger partial charge in [0.25, 0.3) is 5.91 Å². The van der Waals surface area contributed by atoms with Crippen LogP contribution in [0.15, 0.2) is 48.7 Å². The summed E-state index contributed by atoms with van der Waals surface area (Å²) in [5, 5.41) is 2.75. The number of nitrogens with one attached hydrogen (secondary N) is 1. The number of hydrogen-bond donors (Lipinski definition) is 1. The van der Waals surface area contributed by atoms with E-state index in [0.29, 0.717) is 6.54 Å². The minimum absolute atomic E-state index is 0.139. The Balaban J connectivity index is 1.47. The molecule has 6 nitrogen and oxygen atoms in total. The molecule has 0 unspecified atom stereocenters. The normalized spacial score (nSPS) is 22.0. The van der Waals surface area contributed by atoms with Crippen LogP contribution in [0.5, 0.6) is 0 Å². The molecule has 1 fully saturated rings. The van der Waals surface area contributed by atoms with Crippen molar-refractivity contribution in [3.63, 3.8) is 0 Å². The molecule has 0 radical (unpaired) electrons. The van der Waals surface area contributed by atoms with Crippen LogP contribution >= 0.6 is 0 Å². The molecule has 6 heteroatoms. The molecule has 2 aromatic rings. The molecule has 142 valence electrons. The summed E-state index contributed by atoms with van der Waals surface area (Å²) in [7, 11) is 0. The van der Waals surface area contributed by atoms with Gasteiger partial charge in [0.05, 0.1) is 6.04 Å². The van der Waals surface area contributed by atoms with Gasteiger partial charge in [0.1, 0.15) is 5.54 Å². The van der Waals surface area contributed by atoms with E-state index in [1.807, 2.05) is 6.07 Å². The average Bonchev–Trinajstić information content (AvgIpc) is 3.19. The Kier molecular flexibility index (Phi) is 4.52. The van der Waals surface area contributed by atoms with Crippen LogP contribution in [0.4, 0.5) is 4.79 Å². The number of benzene rings is 1. The Morgan fingerprint density at radius 3 is 2.52 bits per heavy atom. The van der Waals surface area contributed by atoms with Crippen molar-refractivity contribution in [3.8, 4) is 0 Å². The summed E-state index contributed by atoms with van der Waals surface area (Å²) in [6.45, 7) is 6.69. The highest BCUT2D eigenvalue weighted by molar-refractivity contribution is 6.06. The minimum atomic E-state index is -0.796. The lowest BCUT2D eigenvalue weighted by Crippen LogP contribution is -2.41. The van der Waals surface area contributed by atoms with Crippen LogP contribution < -0.4 is 5.32 Å². The van der Waals surface area contributed by atoms with Crippen LogP contribution in [0, 0.1) is 0 Å². The molecule has 4 rings (SSSR count). The van der Waals surface area contributed by atoms with Crippen molar-refractivity contribution in [2.75, 3.05) is 19.6 Å². The van der Waals surface area contributed by atoms with Crippen molar-refractivity contribution in [1.82, 2.24) is 19.7 Å². The number of carbonyl (C=O) groups excluding carboxylic acids is 2. The van der Waals surface area contributed by atoms with E-state index < -0.39 is 5.54 Å². The zero-order valence-electron chi connectivity index (χ0n) is 15.9. The number of amides is 3. The van der Waals surface area contributed by atoms with Gasteiger partial charge in [-0.15, -0.1) is 0 Å². The van der Waals surface area contributed by atoms with Crippen LogP contribution in [0.25, 0.3) is 0 Å². The van der Waals surface area contributed by atoms with E-state index in [4.69, 9.17) is 0 Å². The first kappa shape index (κ1) is 17.8. The molecule has 1 aromatic carbocycles. The number of urea groups is 1. The summed E-state index contributed by atoms with van der Waals surface area (Å²) >= 11 is 0. The smallest absolute Gasteiger partial charge is 0.325 e. The van der Waals surface area contributed by atoms with Crippen molar-refractivity contribution in [1.29, 1.82) is 0 Å². The molecular weight excluding hydrogens is 340 g/mol. The van der Waals surface area contributed by atoms with Crippen molar-refractivity contribution in [2.24, 2.45) is 0 Å². The summed E-state index contributed by atoms with van der Waals surface area (Å²) in [6, 6.07) is 14.7. The highest BCUT2D eigenvalue weighted by Crippen LogP contribution is 2.32. The minimum Gasteiger partial charge on any atom is -0.348 e. The second-order valence-corrected chi connectivity index (χ2v) is 7.84. The molecule has 0 aliphatic carbocycles. The number of imide groups is 1. The van der Waals surface area contributed by atoms with Crippen molar-refractivity contribution in [3.05, 3.63) is 59.9 Å². The van der Waals surface area contributed by atoms with Gasteiger partial charge in [0.2, 0.25) is 0 Å². The number of fused-ring (bicyclic) bond motifs is 1. The van der Waals surface area contributed by atoms with Gasteiger partial charge in [-0.25, -0.2) is 4.79 Å². The molecular formula is C21H26N4O2. The lowest BCUT2D eigenvalue weighted by Gasteiger charge is -2.37. The predicted molar refractivity (Wildman–Crippen MR) is 103 cm³/mol. The predicted octanol–water partition coefficient (Wildman–Crippen LogP) is 2.61. The fraction of sp³-hybridized carbons (Fsp3) is 0.429. The monoisotopic (exact) mass is 366 g/mol. The van der Waals surface area contributed by atoms with Crippen molar-refractivity contribution >= 4 is 11.9 Å². The van der Waals surface area contributed by atoms with Crippen molar-refractivity contribution < 1.29 is 9.59 Å². The Morgan fingerprint density at radius 1 is 1.04 bits per heavy atom. The zero-order valence-corrected chi connectivity index (χ0v) is 15.9. The lowest BCUT2D eigenvalue weighted by molar-refractivity contribution is -0.130. The van der Waals surface area contributed by atoms with Crippen LogP contribution in [-0.4, -0.2) is 51.5 Å². The molecule has 3 amide bonds. The van der Waals surface area contributed by atoms with Gasteiger partial charge in [-0.05, 0) is 38.0 Å². The van der Waals surface area contributed by atoms with E-state index >= 15 is 0 Å². The molecule has 27 heavy (non-hydrogen) atoms. The van der Waals surface area contributed by atoms with Gasteiger partial charge in [0.15, 0.2) is 0 Å². The van der Waals surface area contributed by atoms with Crippen LogP contribution in [0.3, 0.4) is 0 Å². The number of aromatic nitrogens is 1. The highest BCUT2D eigenvalue weighted by atomic mass is 16.2. The Bertz CT molecular complexity index is 843. The molecule has 2 aliphatic rings. The third-order valence-electron chi connectivity index (χ3n) is 5.52. The largest absolute Gasteiger partial charge is 0.348 e. The maximum atomic E-state index is 12.4. The summed E-state index contributed by atoms with van der Waals surface area (Å²) in [6.07, 6.45) is 2.90. The quantitative estimate of drug-likeness (QED) is 0.828. The van der Waals surface area contributed by atoms with Gasteiger partial charge in [-0.3, -0.25) is 14.6 Å². The highest BCUT2D eigenvalue weighted by Gasteiger charge is 2.43. The SMILES string of the molecule is CC1(C)NC(=O)N(CCCN2CCn3cccc3[C@H]2c2ccccc2)C1=O. The fourth-order valence-corrected chi connectivity index (χ4v) is 4.14. The zero-order chi connectivity index (χ0) is 19.0. The van der Waals surface area contributed by atoms with Gasteiger partial charge < -0.3 is 9.88 Å². The maximum absolute atomic E-state index is 12.4. The summed E-state index contributed by atoms with van der Waals surface area (Å²) in [5.74, 6) is -0.139. The molecule has 2 aliphatic heterocycles.